The Morgan fingerprint density at radius 1 is 1.50 bits per heavy atom. The Kier molecular flexibility index (Phi) is 7.76. The second-order valence-corrected chi connectivity index (χ2v) is 4.59. The predicted octanol–water partition coefficient (Wildman–Crippen LogP) is 0.627. The minimum atomic E-state index is 0.513. The highest BCUT2D eigenvalue weighted by Gasteiger charge is 2.14. The molecule has 1 aliphatic rings. The van der Waals surface area contributed by atoms with E-state index in [2.05, 4.69) is 17.6 Å². The average molecular weight is 230 g/mol. The molecule has 96 valence electrons. The first kappa shape index (κ1) is 13.9. The van der Waals surface area contributed by atoms with Gasteiger partial charge in [0.05, 0.1) is 13.2 Å². The van der Waals surface area contributed by atoms with Crippen LogP contribution in [-0.2, 0) is 9.47 Å². The summed E-state index contributed by atoms with van der Waals surface area (Å²) in [5.41, 5.74) is 0. The van der Waals surface area contributed by atoms with Gasteiger partial charge in [0.15, 0.2) is 0 Å². The maximum Gasteiger partial charge on any atom is 0.0587 e. The summed E-state index contributed by atoms with van der Waals surface area (Å²) >= 11 is 0. The molecule has 1 fully saturated rings. The van der Waals surface area contributed by atoms with Crippen LogP contribution in [0.15, 0.2) is 0 Å². The first-order valence-electron chi connectivity index (χ1n) is 6.33. The van der Waals surface area contributed by atoms with Crippen LogP contribution in [0.25, 0.3) is 0 Å². The summed E-state index contributed by atoms with van der Waals surface area (Å²) < 4.78 is 10.4. The van der Waals surface area contributed by atoms with Crippen molar-refractivity contribution in [2.75, 3.05) is 46.6 Å². The Morgan fingerprint density at radius 3 is 3.06 bits per heavy atom. The van der Waals surface area contributed by atoms with Crippen molar-refractivity contribution in [3.63, 3.8) is 0 Å². The van der Waals surface area contributed by atoms with Crippen LogP contribution in [0.5, 0.6) is 0 Å². The van der Waals surface area contributed by atoms with Crippen molar-refractivity contribution in [3.8, 4) is 0 Å². The molecule has 2 N–H and O–H groups in total. The van der Waals surface area contributed by atoms with E-state index in [4.69, 9.17) is 9.47 Å². The monoisotopic (exact) mass is 230 g/mol. The van der Waals surface area contributed by atoms with E-state index in [1.807, 2.05) is 0 Å². The van der Waals surface area contributed by atoms with Crippen LogP contribution in [0.2, 0.25) is 0 Å². The molecule has 0 amide bonds. The lowest BCUT2D eigenvalue weighted by Gasteiger charge is -2.24. The summed E-state index contributed by atoms with van der Waals surface area (Å²) in [6.45, 7) is 7.87. The van der Waals surface area contributed by atoms with Crippen LogP contribution >= 0.6 is 0 Å². The highest BCUT2D eigenvalue weighted by molar-refractivity contribution is 4.70. The van der Waals surface area contributed by atoms with Gasteiger partial charge < -0.3 is 20.1 Å². The molecule has 2 atom stereocenters. The van der Waals surface area contributed by atoms with Crippen molar-refractivity contribution in [1.82, 2.24) is 10.6 Å². The van der Waals surface area contributed by atoms with Gasteiger partial charge in [-0.2, -0.15) is 0 Å². The number of hydrogen-bond donors (Lipinski definition) is 2. The van der Waals surface area contributed by atoms with E-state index >= 15 is 0 Å². The van der Waals surface area contributed by atoms with Crippen molar-refractivity contribution < 1.29 is 9.47 Å². The maximum absolute atomic E-state index is 5.46. The second kappa shape index (κ2) is 8.93. The molecule has 0 aliphatic carbocycles. The fourth-order valence-electron chi connectivity index (χ4n) is 1.90. The summed E-state index contributed by atoms with van der Waals surface area (Å²) in [4.78, 5) is 0. The van der Waals surface area contributed by atoms with E-state index in [1.54, 1.807) is 7.11 Å². The maximum atomic E-state index is 5.46. The minimum Gasteiger partial charge on any atom is -0.383 e. The Labute approximate surface area is 99.1 Å². The molecule has 0 aromatic rings. The van der Waals surface area contributed by atoms with Crippen molar-refractivity contribution in [3.05, 3.63) is 0 Å². The molecule has 1 rings (SSSR count). The molecule has 0 bridgehead atoms. The highest BCUT2D eigenvalue weighted by atomic mass is 16.5. The number of ether oxygens (including phenoxy) is 2. The van der Waals surface area contributed by atoms with Crippen molar-refractivity contribution in [2.24, 2.45) is 5.92 Å². The van der Waals surface area contributed by atoms with E-state index in [0.29, 0.717) is 12.0 Å². The first-order valence-corrected chi connectivity index (χ1v) is 6.33. The average Bonchev–Trinajstić information content (AvgIpc) is 2.33. The van der Waals surface area contributed by atoms with Gasteiger partial charge in [-0.25, -0.2) is 0 Å². The van der Waals surface area contributed by atoms with Gasteiger partial charge in [-0.15, -0.1) is 0 Å². The smallest absolute Gasteiger partial charge is 0.0587 e. The molecule has 1 saturated heterocycles. The van der Waals surface area contributed by atoms with Gasteiger partial charge in [-0.3, -0.25) is 0 Å². The topological polar surface area (TPSA) is 42.5 Å². The summed E-state index contributed by atoms with van der Waals surface area (Å²) in [6, 6.07) is 0.513. The Hall–Kier alpha value is -0.160. The van der Waals surface area contributed by atoms with Gasteiger partial charge in [-0.1, -0.05) is 0 Å². The lowest BCUT2D eigenvalue weighted by Crippen LogP contribution is -2.41. The summed E-state index contributed by atoms with van der Waals surface area (Å²) in [5.74, 6) is 0.704. The van der Waals surface area contributed by atoms with Gasteiger partial charge in [0, 0.05) is 39.4 Å². The molecule has 1 heterocycles. The molecule has 4 nitrogen and oxygen atoms in total. The third kappa shape index (κ3) is 6.43. The van der Waals surface area contributed by atoms with Crippen LogP contribution in [0.1, 0.15) is 19.8 Å². The SMILES string of the molecule is COCCNCC(C)NCC1CCCOC1. The van der Waals surface area contributed by atoms with Gasteiger partial charge in [-0.05, 0) is 25.7 Å². The van der Waals surface area contributed by atoms with E-state index in [9.17, 15) is 0 Å². The van der Waals surface area contributed by atoms with Crippen molar-refractivity contribution in [2.45, 2.75) is 25.8 Å². The number of hydrogen-bond acceptors (Lipinski definition) is 4. The van der Waals surface area contributed by atoms with E-state index in [0.717, 1.165) is 39.5 Å². The standard InChI is InChI=1S/C12H26N2O2/c1-11(8-13-5-7-15-2)14-9-12-4-3-6-16-10-12/h11-14H,3-10H2,1-2H3. The Morgan fingerprint density at radius 2 is 2.38 bits per heavy atom. The van der Waals surface area contributed by atoms with Gasteiger partial charge >= 0.3 is 0 Å². The fourth-order valence-corrected chi connectivity index (χ4v) is 1.90. The van der Waals surface area contributed by atoms with Gasteiger partial charge in [0.2, 0.25) is 0 Å². The molecule has 0 spiro atoms. The Bertz CT molecular complexity index is 161. The van der Waals surface area contributed by atoms with Crippen LogP contribution in [0, 0.1) is 5.92 Å². The number of rotatable bonds is 8. The first-order chi connectivity index (χ1) is 7.83. The lowest BCUT2D eigenvalue weighted by molar-refractivity contribution is 0.0540. The lowest BCUT2D eigenvalue weighted by atomic mass is 10.0. The third-order valence-electron chi connectivity index (χ3n) is 2.94. The second-order valence-electron chi connectivity index (χ2n) is 4.59. The molecule has 0 saturated carbocycles. The zero-order chi connectivity index (χ0) is 11.6. The summed E-state index contributed by atoms with van der Waals surface area (Å²) in [5, 5.41) is 6.90. The largest absolute Gasteiger partial charge is 0.383 e. The number of methoxy groups -OCH3 is 1. The minimum absolute atomic E-state index is 0.513. The van der Waals surface area contributed by atoms with E-state index in [-0.39, 0.29) is 0 Å². The molecule has 0 aromatic carbocycles. The van der Waals surface area contributed by atoms with Gasteiger partial charge in [0.1, 0.15) is 0 Å². The van der Waals surface area contributed by atoms with Crippen LogP contribution in [0.3, 0.4) is 0 Å². The third-order valence-corrected chi connectivity index (χ3v) is 2.94. The van der Waals surface area contributed by atoms with E-state index in [1.165, 1.54) is 12.8 Å². The predicted molar refractivity (Wildman–Crippen MR) is 65.8 cm³/mol. The normalized spacial score (nSPS) is 23.2. The molecule has 4 heteroatoms. The molecular weight excluding hydrogens is 204 g/mol. The summed E-state index contributed by atoms with van der Waals surface area (Å²) in [6.07, 6.45) is 2.52. The molecule has 1 aliphatic heterocycles. The molecular formula is C12H26N2O2. The molecule has 0 aromatic heterocycles. The zero-order valence-electron chi connectivity index (χ0n) is 10.6. The van der Waals surface area contributed by atoms with Crippen LogP contribution in [-0.4, -0.2) is 52.6 Å². The molecule has 16 heavy (non-hydrogen) atoms. The fraction of sp³-hybridized carbons (Fsp3) is 1.00. The quantitative estimate of drug-likeness (QED) is 0.600. The van der Waals surface area contributed by atoms with E-state index < -0.39 is 0 Å². The molecule has 0 radical (unpaired) electrons. The van der Waals surface area contributed by atoms with Crippen molar-refractivity contribution >= 4 is 0 Å². The van der Waals surface area contributed by atoms with Crippen LogP contribution < -0.4 is 10.6 Å². The zero-order valence-corrected chi connectivity index (χ0v) is 10.6. The number of nitrogens with one attached hydrogen (secondary N) is 2. The van der Waals surface area contributed by atoms with Crippen molar-refractivity contribution in [1.29, 1.82) is 0 Å². The summed E-state index contributed by atoms with van der Waals surface area (Å²) in [7, 11) is 1.73. The Balaban J connectivity index is 1.94. The molecule has 2 unspecified atom stereocenters. The van der Waals surface area contributed by atoms with Gasteiger partial charge in [0.25, 0.3) is 0 Å². The highest BCUT2D eigenvalue weighted by Crippen LogP contribution is 2.12. The van der Waals surface area contributed by atoms with Crippen LogP contribution in [0.4, 0.5) is 0 Å².